The van der Waals surface area contributed by atoms with Crippen LogP contribution in [-0.4, -0.2) is 16.0 Å². The summed E-state index contributed by atoms with van der Waals surface area (Å²) in [5.74, 6) is -1.22. The average molecular weight is 166 g/mol. The van der Waals surface area contributed by atoms with Crippen molar-refractivity contribution in [2.75, 3.05) is 0 Å². The Bertz CT molecular complexity index is 305. The fourth-order valence-corrected chi connectivity index (χ4v) is 0.692. The summed E-state index contributed by atoms with van der Waals surface area (Å²) in [6, 6.07) is 5.72. The average Bonchev–Trinajstić information content (AvgIpc) is 2.04. The van der Waals surface area contributed by atoms with E-state index in [-0.39, 0.29) is 11.3 Å². The molecule has 12 heavy (non-hydrogen) atoms. The van der Waals surface area contributed by atoms with E-state index in [1.807, 2.05) is 0 Å². The predicted octanol–water partition coefficient (Wildman–Crippen LogP) is 1.09. The summed E-state index contributed by atoms with van der Waals surface area (Å²) in [4.78, 5) is 19.8. The number of aromatic carboxylic acids is 1. The van der Waals surface area contributed by atoms with Crippen LogP contribution in [0.5, 0.6) is 0 Å². The SMILES string of the molecule is O=C(O)c1[c]ccc([N+](=O)[O-])c1. The van der Waals surface area contributed by atoms with Crippen molar-refractivity contribution in [3.8, 4) is 0 Å². The number of hydrogen-bond acceptors (Lipinski definition) is 3. The molecule has 0 saturated heterocycles. The molecule has 0 aromatic heterocycles. The third kappa shape index (κ3) is 1.57. The van der Waals surface area contributed by atoms with Gasteiger partial charge in [-0.05, 0) is 12.1 Å². The van der Waals surface area contributed by atoms with Gasteiger partial charge in [-0.1, -0.05) is 0 Å². The lowest BCUT2D eigenvalue weighted by molar-refractivity contribution is -0.384. The Morgan fingerprint density at radius 1 is 1.67 bits per heavy atom. The molecule has 0 atom stereocenters. The van der Waals surface area contributed by atoms with E-state index in [1.54, 1.807) is 0 Å². The van der Waals surface area contributed by atoms with Crippen LogP contribution in [0.4, 0.5) is 5.69 Å². The molecule has 0 aliphatic carbocycles. The number of nitrogens with zero attached hydrogens (tertiary/aromatic N) is 1. The lowest BCUT2D eigenvalue weighted by Crippen LogP contribution is -1.97. The molecule has 61 valence electrons. The Kier molecular flexibility index (Phi) is 2.05. The van der Waals surface area contributed by atoms with Gasteiger partial charge in [-0.3, -0.25) is 10.1 Å². The van der Waals surface area contributed by atoms with E-state index in [9.17, 15) is 14.9 Å². The molecule has 1 aromatic carbocycles. The molecule has 0 aliphatic rings. The van der Waals surface area contributed by atoms with Crippen LogP contribution in [0, 0.1) is 16.2 Å². The normalized spacial score (nSPS) is 9.33. The Morgan fingerprint density at radius 2 is 2.33 bits per heavy atom. The zero-order chi connectivity index (χ0) is 9.14. The van der Waals surface area contributed by atoms with E-state index in [1.165, 1.54) is 12.1 Å². The lowest BCUT2D eigenvalue weighted by atomic mass is 10.2. The van der Waals surface area contributed by atoms with Crippen molar-refractivity contribution in [1.29, 1.82) is 0 Å². The number of rotatable bonds is 2. The van der Waals surface area contributed by atoms with Crippen molar-refractivity contribution in [2.45, 2.75) is 0 Å². The molecule has 0 unspecified atom stereocenters. The molecular weight excluding hydrogens is 162 g/mol. The quantitative estimate of drug-likeness (QED) is 0.526. The van der Waals surface area contributed by atoms with Gasteiger partial charge in [0.05, 0.1) is 10.5 Å². The molecule has 5 nitrogen and oxygen atoms in total. The Morgan fingerprint density at radius 3 is 2.83 bits per heavy atom. The summed E-state index contributed by atoms with van der Waals surface area (Å²) in [5, 5.41) is 18.6. The first-order valence-corrected chi connectivity index (χ1v) is 3.00. The molecule has 0 bridgehead atoms. The maximum atomic E-state index is 10.3. The first kappa shape index (κ1) is 8.19. The van der Waals surface area contributed by atoms with Gasteiger partial charge in [0.15, 0.2) is 0 Å². The standard InChI is InChI=1S/C7H4NO4/c9-7(10)5-2-1-3-6(4-5)8(11)12/h1,3-4H,(H,9,10). The Labute approximate surface area is 67.4 Å². The third-order valence-corrected chi connectivity index (χ3v) is 1.23. The summed E-state index contributed by atoms with van der Waals surface area (Å²) in [7, 11) is 0. The van der Waals surface area contributed by atoms with Crippen LogP contribution in [0.3, 0.4) is 0 Å². The van der Waals surface area contributed by atoms with E-state index in [0.29, 0.717) is 0 Å². The van der Waals surface area contributed by atoms with Crippen LogP contribution < -0.4 is 0 Å². The fourth-order valence-electron chi connectivity index (χ4n) is 0.692. The van der Waals surface area contributed by atoms with Gasteiger partial charge in [0.2, 0.25) is 0 Å². The van der Waals surface area contributed by atoms with Crippen LogP contribution in [0.2, 0.25) is 0 Å². The monoisotopic (exact) mass is 166 g/mol. The molecule has 0 aliphatic heterocycles. The van der Waals surface area contributed by atoms with Crippen molar-refractivity contribution in [2.24, 2.45) is 0 Å². The molecule has 0 heterocycles. The van der Waals surface area contributed by atoms with Crippen LogP contribution >= 0.6 is 0 Å². The molecule has 0 fully saturated rings. The zero-order valence-corrected chi connectivity index (χ0v) is 5.85. The fraction of sp³-hybridized carbons (Fsp3) is 0. The minimum atomic E-state index is -1.22. The molecule has 1 aromatic rings. The van der Waals surface area contributed by atoms with E-state index in [2.05, 4.69) is 6.07 Å². The van der Waals surface area contributed by atoms with E-state index in [0.717, 1.165) is 6.07 Å². The predicted molar refractivity (Wildman–Crippen MR) is 38.9 cm³/mol. The number of hydrogen-bond donors (Lipinski definition) is 1. The van der Waals surface area contributed by atoms with Gasteiger partial charge in [0.1, 0.15) is 0 Å². The highest BCUT2D eigenvalue weighted by Gasteiger charge is 2.09. The second-order valence-electron chi connectivity index (χ2n) is 2.02. The Balaban J connectivity index is 3.12. The number of nitro groups is 1. The smallest absolute Gasteiger partial charge is 0.336 e. The molecule has 0 amide bonds. The van der Waals surface area contributed by atoms with E-state index < -0.39 is 10.9 Å². The molecule has 1 rings (SSSR count). The number of carbonyl (C=O) groups is 1. The topological polar surface area (TPSA) is 80.4 Å². The number of benzene rings is 1. The Hall–Kier alpha value is -1.91. The first-order valence-electron chi connectivity index (χ1n) is 3.00. The number of carboxylic acids is 1. The van der Waals surface area contributed by atoms with Crippen LogP contribution in [0.1, 0.15) is 10.4 Å². The zero-order valence-electron chi connectivity index (χ0n) is 5.85. The summed E-state index contributed by atoms with van der Waals surface area (Å²) < 4.78 is 0. The minimum absolute atomic E-state index is 0.204. The number of carboxylic acid groups (broad SMARTS) is 1. The van der Waals surface area contributed by atoms with Gasteiger partial charge in [0, 0.05) is 12.1 Å². The van der Waals surface area contributed by atoms with Gasteiger partial charge < -0.3 is 5.11 Å². The second-order valence-corrected chi connectivity index (χ2v) is 2.02. The van der Waals surface area contributed by atoms with Crippen LogP contribution in [-0.2, 0) is 0 Å². The van der Waals surface area contributed by atoms with Gasteiger partial charge in [-0.2, -0.15) is 0 Å². The van der Waals surface area contributed by atoms with Gasteiger partial charge >= 0.3 is 5.97 Å². The van der Waals surface area contributed by atoms with Gasteiger partial charge in [-0.15, -0.1) is 0 Å². The maximum absolute atomic E-state index is 10.3. The second kappa shape index (κ2) is 3.00. The van der Waals surface area contributed by atoms with Gasteiger partial charge in [-0.25, -0.2) is 4.79 Å². The van der Waals surface area contributed by atoms with Crippen molar-refractivity contribution < 1.29 is 14.8 Å². The molecule has 1 radical (unpaired) electrons. The highest BCUT2D eigenvalue weighted by Crippen LogP contribution is 2.11. The molecule has 0 saturated carbocycles. The number of non-ortho nitro benzene ring substituents is 1. The third-order valence-electron chi connectivity index (χ3n) is 1.23. The van der Waals surface area contributed by atoms with Crippen molar-refractivity contribution >= 4 is 11.7 Å². The maximum Gasteiger partial charge on any atom is 0.336 e. The highest BCUT2D eigenvalue weighted by molar-refractivity contribution is 5.87. The molecular formula is C7H4NO4. The highest BCUT2D eigenvalue weighted by atomic mass is 16.6. The summed E-state index contributed by atoms with van der Waals surface area (Å²) >= 11 is 0. The van der Waals surface area contributed by atoms with Crippen molar-refractivity contribution in [3.05, 3.63) is 39.9 Å². The number of nitro benzene ring substituents is 1. The molecule has 5 heteroatoms. The van der Waals surface area contributed by atoms with Crippen molar-refractivity contribution in [3.63, 3.8) is 0 Å². The summed E-state index contributed by atoms with van der Waals surface area (Å²) in [6.07, 6.45) is 0. The lowest BCUT2D eigenvalue weighted by Gasteiger charge is -1.92. The summed E-state index contributed by atoms with van der Waals surface area (Å²) in [6.45, 7) is 0. The van der Waals surface area contributed by atoms with Crippen LogP contribution in [0.15, 0.2) is 18.2 Å². The van der Waals surface area contributed by atoms with Gasteiger partial charge in [0.25, 0.3) is 5.69 Å². The van der Waals surface area contributed by atoms with E-state index >= 15 is 0 Å². The molecule has 0 spiro atoms. The van der Waals surface area contributed by atoms with Crippen LogP contribution in [0.25, 0.3) is 0 Å². The van der Waals surface area contributed by atoms with E-state index in [4.69, 9.17) is 5.11 Å². The summed E-state index contributed by atoms with van der Waals surface area (Å²) in [5.41, 5.74) is -0.449. The largest absolute Gasteiger partial charge is 0.478 e. The van der Waals surface area contributed by atoms with Crippen molar-refractivity contribution in [1.82, 2.24) is 0 Å². The molecule has 1 N–H and O–H groups in total. The minimum Gasteiger partial charge on any atom is -0.478 e. The first-order chi connectivity index (χ1) is 5.61.